The lowest BCUT2D eigenvalue weighted by Gasteiger charge is -2.27. The van der Waals surface area contributed by atoms with Gasteiger partial charge < -0.3 is 33.5 Å². The Labute approximate surface area is 313 Å². The topological polar surface area (TPSA) is 82.2 Å². The third-order valence-corrected chi connectivity index (χ3v) is 9.76. The van der Waals surface area contributed by atoms with E-state index < -0.39 is 0 Å². The predicted octanol–water partition coefficient (Wildman–Crippen LogP) is 11.7. The van der Waals surface area contributed by atoms with Gasteiger partial charge in [0.25, 0.3) is 0 Å². The van der Waals surface area contributed by atoms with Crippen LogP contribution in [0.25, 0.3) is 0 Å². The SMILES string of the molecule is C.C.C1CCC(OCC2CO2)CC1.C1CCC(OCC2CO2)CC1.CC(COCO)C1CCCCC1.CCC.CCC.COC1CCCCC1. The summed E-state index contributed by atoms with van der Waals surface area (Å²) in [6.45, 7) is 14.8. The summed E-state index contributed by atoms with van der Waals surface area (Å²) >= 11 is 0. The first-order valence-electron chi connectivity index (χ1n) is 20.7. The minimum absolute atomic E-state index is 0. The Bertz CT molecular complexity index is 601. The Kier molecular flexibility index (Phi) is 38.4. The van der Waals surface area contributed by atoms with Crippen LogP contribution in [-0.2, 0) is 28.4 Å². The Balaban J connectivity index is 0. The molecule has 0 aromatic heterocycles. The largest absolute Gasteiger partial charge is 0.381 e. The monoisotopic (exact) mass is 719 g/mol. The Morgan fingerprint density at radius 1 is 0.560 bits per heavy atom. The van der Waals surface area contributed by atoms with Crippen LogP contribution in [0.3, 0.4) is 0 Å². The molecule has 0 amide bonds. The lowest BCUT2D eigenvalue weighted by Crippen LogP contribution is -2.20. The summed E-state index contributed by atoms with van der Waals surface area (Å²) in [6.07, 6.45) is 32.0. The van der Waals surface area contributed by atoms with E-state index in [0.29, 0.717) is 36.4 Å². The molecule has 0 radical (unpaired) electrons. The highest BCUT2D eigenvalue weighted by Crippen LogP contribution is 2.30. The second kappa shape index (κ2) is 37.1. The van der Waals surface area contributed by atoms with E-state index >= 15 is 0 Å². The maximum atomic E-state index is 8.49. The van der Waals surface area contributed by atoms with Gasteiger partial charge in [-0.3, -0.25) is 0 Å². The van der Waals surface area contributed by atoms with Gasteiger partial charge in [-0.25, -0.2) is 0 Å². The van der Waals surface area contributed by atoms with Gasteiger partial charge in [0, 0.05) is 7.11 Å². The summed E-state index contributed by atoms with van der Waals surface area (Å²) in [6, 6.07) is 0. The molecule has 1 N–H and O–H groups in total. The van der Waals surface area contributed by atoms with Crippen molar-refractivity contribution in [3.05, 3.63) is 0 Å². The van der Waals surface area contributed by atoms with Gasteiger partial charge in [0.2, 0.25) is 0 Å². The van der Waals surface area contributed by atoms with Crippen molar-refractivity contribution in [2.75, 3.05) is 46.9 Å². The Hall–Kier alpha value is -0.280. The normalized spacial score (nSPS) is 24.1. The molecule has 3 atom stereocenters. The summed E-state index contributed by atoms with van der Waals surface area (Å²) in [5, 5.41) is 8.49. The molecule has 7 nitrogen and oxygen atoms in total. The van der Waals surface area contributed by atoms with Gasteiger partial charge in [-0.1, -0.05) is 152 Å². The van der Waals surface area contributed by atoms with Crippen LogP contribution in [0, 0.1) is 11.8 Å². The van der Waals surface area contributed by atoms with Crippen LogP contribution in [-0.4, -0.2) is 82.6 Å². The summed E-state index contributed by atoms with van der Waals surface area (Å²) in [4.78, 5) is 0. The minimum atomic E-state index is -0.128. The molecular formula is C43H90O7. The second-order valence-electron chi connectivity index (χ2n) is 14.9. The first-order chi connectivity index (χ1) is 23.5. The van der Waals surface area contributed by atoms with Crippen LogP contribution in [0.5, 0.6) is 0 Å². The first kappa shape index (κ1) is 51.8. The fraction of sp³-hybridized carbons (Fsp3) is 1.00. The van der Waals surface area contributed by atoms with E-state index in [1.165, 1.54) is 141 Å². The summed E-state index contributed by atoms with van der Waals surface area (Å²) in [7, 11) is 1.82. The molecule has 6 aliphatic rings. The summed E-state index contributed by atoms with van der Waals surface area (Å²) in [5.74, 6) is 1.46. The second-order valence-corrected chi connectivity index (χ2v) is 14.9. The number of aliphatic hydroxyl groups is 1. The number of rotatable bonds is 11. The number of aliphatic hydroxyl groups excluding tert-OH is 1. The molecule has 50 heavy (non-hydrogen) atoms. The molecule has 7 heteroatoms. The zero-order valence-corrected chi connectivity index (χ0v) is 32.7. The average molecular weight is 719 g/mol. The molecule has 0 spiro atoms. The number of epoxide rings is 2. The molecule has 6 fully saturated rings. The zero-order valence-electron chi connectivity index (χ0n) is 32.7. The minimum Gasteiger partial charge on any atom is -0.381 e. The molecule has 4 aliphatic carbocycles. The fourth-order valence-corrected chi connectivity index (χ4v) is 6.66. The van der Waals surface area contributed by atoms with Gasteiger partial charge in [0.15, 0.2) is 0 Å². The molecule has 3 unspecified atom stereocenters. The molecular weight excluding hydrogens is 628 g/mol. The van der Waals surface area contributed by atoms with Gasteiger partial charge >= 0.3 is 0 Å². The number of hydrogen-bond donors (Lipinski definition) is 1. The van der Waals surface area contributed by atoms with Crippen molar-refractivity contribution in [2.24, 2.45) is 11.8 Å². The van der Waals surface area contributed by atoms with Gasteiger partial charge in [0.1, 0.15) is 19.0 Å². The van der Waals surface area contributed by atoms with Crippen molar-refractivity contribution >= 4 is 0 Å². The molecule has 0 aromatic rings. The maximum absolute atomic E-state index is 8.49. The van der Waals surface area contributed by atoms with Crippen LogP contribution in [0.2, 0.25) is 0 Å². The van der Waals surface area contributed by atoms with E-state index in [1.54, 1.807) is 0 Å². The van der Waals surface area contributed by atoms with Gasteiger partial charge in [0.05, 0.1) is 51.3 Å². The van der Waals surface area contributed by atoms with Gasteiger partial charge in [-0.15, -0.1) is 0 Å². The number of methoxy groups -OCH3 is 1. The van der Waals surface area contributed by atoms with Crippen LogP contribution < -0.4 is 0 Å². The molecule has 6 rings (SSSR count). The van der Waals surface area contributed by atoms with Crippen molar-refractivity contribution in [1.29, 1.82) is 0 Å². The number of ether oxygens (including phenoxy) is 6. The highest BCUT2D eigenvalue weighted by molar-refractivity contribution is 4.73. The lowest BCUT2D eigenvalue weighted by molar-refractivity contribution is -0.0258. The van der Waals surface area contributed by atoms with E-state index in [4.69, 9.17) is 33.5 Å². The van der Waals surface area contributed by atoms with Crippen LogP contribution in [0.1, 0.15) is 191 Å². The van der Waals surface area contributed by atoms with Crippen molar-refractivity contribution in [2.45, 2.75) is 221 Å². The van der Waals surface area contributed by atoms with Crippen LogP contribution in [0.15, 0.2) is 0 Å². The molecule has 2 saturated heterocycles. The van der Waals surface area contributed by atoms with Crippen LogP contribution >= 0.6 is 0 Å². The molecule has 304 valence electrons. The van der Waals surface area contributed by atoms with E-state index in [1.807, 2.05) is 7.11 Å². The number of hydrogen-bond acceptors (Lipinski definition) is 7. The first-order valence-corrected chi connectivity index (χ1v) is 20.7. The molecule has 2 aliphatic heterocycles. The molecule has 0 aromatic carbocycles. The Morgan fingerprint density at radius 2 is 0.880 bits per heavy atom. The summed E-state index contributed by atoms with van der Waals surface area (Å²) in [5.41, 5.74) is 0. The highest BCUT2D eigenvalue weighted by atomic mass is 16.6. The van der Waals surface area contributed by atoms with E-state index in [2.05, 4.69) is 34.6 Å². The van der Waals surface area contributed by atoms with Crippen molar-refractivity contribution in [1.82, 2.24) is 0 Å². The molecule has 0 bridgehead atoms. The van der Waals surface area contributed by atoms with E-state index in [0.717, 1.165) is 39.0 Å². The maximum Gasteiger partial charge on any atom is 0.143 e. The summed E-state index contributed by atoms with van der Waals surface area (Å²) < 4.78 is 31.7. The van der Waals surface area contributed by atoms with Crippen molar-refractivity contribution < 1.29 is 33.5 Å². The highest BCUT2D eigenvalue weighted by Gasteiger charge is 2.25. The van der Waals surface area contributed by atoms with E-state index in [-0.39, 0.29) is 21.6 Å². The van der Waals surface area contributed by atoms with Crippen molar-refractivity contribution in [3.63, 3.8) is 0 Å². The van der Waals surface area contributed by atoms with Gasteiger partial charge in [-0.2, -0.15) is 0 Å². The Morgan fingerprint density at radius 3 is 1.16 bits per heavy atom. The van der Waals surface area contributed by atoms with Crippen LogP contribution in [0.4, 0.5) is 0 Å². The predicted molar refractivity (Wildman–Crippen MR) is 213 cm³/mol. The van der Waals surface area contributed by atoms with Crippen molar-refractivity contribution in [3.8, 4) is 0 Å². The third-order valence-electron chi connectivity index (χ3n) is 9.76. The standard InChI is InChI=1S/C10H20O2.2C9H16O2.C7H14O.2C3H8.2CH4/c1-9(7-12-8-11)10-5-3-2-4-6-10;2*1-2-4-8(5-3-1)10-6-9-7-11-9;1-8-7-5-3-2-4-6-7;2*1-3-2;;/h9-11H,2-8H2,1H3;2*8-9H,1-7H2;7H,2-6H2,1H3;2*3H2,1-2H3;2*1H4. The average Bonchev–Trinajstić information content (AvgIpc) is 4.09. The zero-order chi connectivity index (χ0) is 35.1. The third kappa shape index (κ3) is 31.3. The van der Waals surface area contributed by atoms with E-state index in [9.17, 15) is 0 Å². The lowest BCUT2D eigenvalue weighted by atomic mass is 9.81. The molecule has 2 heterocycles. The molecule has 4 saturated carbocycles. The fourth-order valence-electron chi connectivity index (χ4n) is 6.66. The quantitative estimate of drug-likeness (QED) is 0.168. The van der Waals surface area contributed by atoms with Gasteiger partial charge in [-0.05, 0) is 50.4 Å². The smallest absolute Gasteiger partial charge is 0.143 e.